The second-order valence-electron chi connectivity index (χ2n) is 5.36. The molecule has 0 fully saturated rings. The molecular formula is C14H22BrN3O3. The van der Waals surface area contributed by atoms with E-state index in [9.17, 15) is 4.79 Å². The first kappa shape index (κ1) is 17.6. The van der Waals surface area contributed by atoms with Gasteiger partial charge in [-0.3, -0.25) is 4.68 Å². The normalized spacial score (nSPS) is 11.1. The number of nitrogens with zero attached hydrogens (tertiary/aromatic N) is 2. The summed E-state index contributed by atoms with van der Waals surface area (Å²) in [5.74, 6) is 0.549. The zero-order valence-corrected chi connectivity index (χ0v) is 14.5. The van der Waals surface area contributed by atoms with Crippen molar-refractivity contribution in [2.45, 2.75) is 39.8 Å². The van der Waals surface area contributed by atoms with Gasteiger partial charge in [0, 0.05) is 12.6 Å². The molecule has 1 rings (SSSR count). The summed E-state index contributed by atoms with van der Waals surface area (Å²) in [7, 11) is 0. The highest BCUT2D eigenvalue weighted by Gasteiger charge is 2.16. The van der Waals surface area contributed by atoms with Crippen LogP contribution in [-0.2, 0) is 16.0 Å². The summed E-state index contributed by atoms with van der Waals surface area (Å²) >= 11 is 3.32. The quantitative estimate of drug-likeness (QED) is 0.792. The lowest BCUT2D eigenvalue weighted by molar-refractivity contribution is 0.0525. The second-order valence-corrected chi connectivity index (χ2v) is 6.17. The lowest BCUT2D eigenvalue weighted by Crippen LogP contribution is -2.34. The number of rotatable bonds is 6. The number of hydrogen-bond acceptors (Lipinski definition) is 4. The van der Waals surface area contributed by atoms with Crippen molar-refractivity contribution in [1.29, 1.82) is 0 Å². The number of halogens is 1. The standard InChI is InChI=1S/C14H22BrN3O3/c1-6-20-10(2)11-9-12(15)17-18(11)8-7-16-13(19)21-14(3,4)5/h9H,2,6-8H2,1,3-5H3,(H,16,19). The van der Waals surface area contributed by atoms with Crippen molar-refractivity contribution in [3.63, 3.8) is 0 Å². The second kappa shape index (κ2) is 7.49. The number of carbonyl (C=O) groups is 1. The zero-order chi connectivity index (χ0) is 16.0. The molecule has 1 N–H and O–H groups in total. The Kier molecular flexibility index (Phi) is 6.26. The Morgan fingerprint density at radius 1 is 1.52 bits per heavy atom. The lowest BCUT2D eigenvalue weighted by atomic mass is 10.2. The molecule has 0 aliphatic carbocycles. The van der Waals surface area contributed by atoms with Crippen molar-refractivity contribution in [1.82, 2.24) is 15.1 Å². The molecule has 0 radical (unpaired) electrons. The van der Waals surface area contributed by atoms with Crippen molar-refractivity contribution in [2.24, 2.45) is 0 Å². The molecule has 0 spiro atoms. The topological polar surface area (TPSA) is 65.4 Å². The van der Waals surface area contributed by atoms with Gasteiger partial charge in [0.15, 0.2) is 0 Å². The lowest BCUT2D eigenvalue weighted by Gasteiger charge is -2.19. The maximum absolute atomic E-state index is 11.6. The molecular weight excluding hydrogens is 338 g/mol. The van der Waals surface area contributed by atoms with Gasteiger partial charge in [0.25, 0.3) is 0 Å². The Morgan fingerprint density at radius 3 is 2.76 bits per heavy atom. The van der Waals surface area contributed by atoms with Gasteiger partial charge in [-0.15, -0.1) is 0 Å². The number of amides is 1. The third kappa shape index (κ3) is 6.20. The molecule has 21 heavy (non-hydrogen) atoms. The van der Waals surface area contributed by atoms with E-state index in [-0.39, 0.29) is 0 Å². The molecule has 1 heterocycles. The smallest absolute Gasteiger partial charge is 0.407 e. The monoisotopic (exact) mass is 359 g/mol. The van der Waals surface area contributed by atoms with Gasteiger partial charge in [-0.2, -0.15) is 5.10 Å². The van der Waals surface area contributed by atoms with E-state index in [1.54, 1.807) is 4.68 Å². The molecule has 1 amide bonds. The first-order valence-electron chi connectivity index (χ1n) is 6.75. The third-order valence-electron chi connectivity index (χ3n) is 2.35. The molecule has 0 aliphatic rings. The van der Waals surface area contributed by atoms with Crippen LogP contribution in [0.4, 0.5) is 4.79 Å². The van der Waals surface area contributed by atoms with E-state index < -0.39 is 11.7 Å². The number of ether oxygens (including phenoxy) is 2. The van der Waals surface area contributed by atoms with Gasteiger partial charge in [0.2, 0.25) is 0 Å². The van der Waals surface area contributed by atoms with E-state index in [0.717, 1.165) is 5.69 Å². The minimum atomic E-state index is -0.507. The van der Waals surface area contributed by atoms with Crippen LogP contribution in [-0.4, -0.2) is 34.6 Å². The highest BCUT2D eigenvalue weighted by molar-refractivity contribution is 9.10. The fourth-order valence-corrected chi connectivity index (χ4v) is 2.01. The van der Waals surface area contributed by atoms with Crippen LogP contribution in [0.15, 0.2) is 17.2 Å². The van der Waals surface area contributed by atoms with Gasteiger partial charge in [-0.1, -0.05) is 6.58 Å². The zero-order valence-electron chi connectivity index (χ0n) is 12.9. The fraction of sp³-hybridized carbons (Fsp3) is 0.571. The van der Waals surface area contributed by atoms with Gasteiger partial charge < -0.3 is 14.8 Å². The van der Waals surface area contributed by atoms with Crippen molar-refractivity contribution in [3.8, 4) is 0 Å². The Bertz CT molecular complexity index is 506. The molecule has 0 aliphatic heterocycles. The van der Waals surface area contributed by atoms with E-state index >= 15 is 0 Å². The molecule has 7 heteroatoms. The van der Waals surface area contributed by atoms with Crippen LogP contribution < -0.4 is 5.32 Å². The molecule has 0 saturated heterocycles. The van der Waals surface area contributed by atoms with Gasteiger partial charge in [-0.25, -0.2) is 4.79 Å². The summed E-state index contributed by atoms with van der Waals surface area (Å²) in [4.78, 5) is 11.6. The molecule has 0 aromatic carbocycles. The third-order valence-corrected chi connectivity index (χ3v) is 2.73. The minimum absolute atomic E-state index is 0.398. The molecule has 0 saturated carbocycles. The molecule has 6 nitrogen and oxygen atoms in total. The molecule has 1 aromatic rings. The summed E-state index contributed by atoms with van der Waals surface area (Å²) in [5, 5.41) is 6.97. The minimum Gasteiger partial charge on any atom is -0.492 e. The average molecular weight is 360 g/mol. The summed E-state index contributed by atoms with van der Waals surface area (Å²) in [6.45, 7) is 12.7. The largest absolute Gasteiger partial charge is 0.492 e. The number of hydrogen-bond donors (Lipinski definition) is 1. The summed E-state index contributed by atoms with van der Waals surface area (Å²) in [6, 6.07) is 1.82. The van der Waals surface area contributed by atoms with E-state index in [0.29, 0.717) is 30.1 Å². The molecule has 0 bridgehead atoms. The van der Waals surface area contributed by atoms with Crippen LogP contribution in [0.5, 0.6) is 0 Å². The van der Waals surface area contributed by atoms with Crippen LogP contribution >= 0.6 is 15.9 Å². The summed E-state index contributed by atoms with van der Waals surface area (Å²) in [6.07, 6.45) is -0.445. The number of nitrogens with one attached hydrogen (secondary N) is 1. The van der Waals surface area contributed by atoms with Crippen LogP contribution in [0.2, 0.25) is 0 Å². The van der Waals surface area contributed by atoms with Gasteiger partial charge in [-0.05, 0) is 43.6 Å². The van der Waals surface area contributed by atoms with E-state index in [4.69, 9.17) is 9.47 Å². The Balaban J connectivity index is 2.56. The van der Waals surface area contributed by atoms with Crippen molar-refractivity contribution in [2.75, 3.05) is 13.2 Å². The summed E-state index contributed by atoms with van der Waals surface area (Å²) < 4.78 is 13.0. The molecule has 0 atom stereocenters. The maximum atomic E-state index is 11.6. The predicted octanol–water partition coefficient (Wildman–Crippen LogP) is 3.18. The van der Waals surface area contributed by atoms with Crippen molar-refractivity contribution in [3.05, 3.63) is 22.9 Å². The average Bonchev–Trinajstić information content (AvgIpc) is 2.68. The summed E-state index contributed by atoms with van der Waals surface area (Å²) in [5.41, 5.74) is 0.266. The van der Waals surface area contributed by atoms with Crippen molar-refractivity contribution < 1.29 is 14.3 Å². The number of alkyl carbamates (subject to hydrolysis) is 1. The van der Waals surface area contributed by atoms with Crippen LogP contribution in [0, 0.1) is 0 Å². The predicted molar refractivity (Wildman–Crippen MR) is 84.8 cm³/mol. The van der Waals surface area contributed by atoms with E-state index in [1.807, 2.05) is 33.8 Å². The highest BCUT2D eigenvalue weighted by atomic mass is 79.9. The fourth-order valence-electron chi connectivity index (χ4n) is 1.61. The SMILES string of the molecule is C=C(OCC)c1cc(Br)nn1CCNC(=O)OC(C)(C)C. The highest BCUT2D eigenvalue weighted by Crippen LogP contribution is 2.18. The van der Waals surface area contributed by atoms with Crippen LogP contribution in [0.25, 0.3) is 5.76 Å². The van der Waals surface area contributed by atoms with Gasteiger partial charge in [0.05, 0.1) is 13.2 Å². The molecule has 118 valence electrons. The van der Waals surface area contributed by atoms with Crippen molar-refractivity contribution >= 4 is 27.8 Å². The van der Waals surface area contributed by atoms with Gasteiger partial charge in [0.1, 0.15) is 21.7 Å². The first-order chi connectivity index (χ1) is 9.73. The molecule has 0 unspecified atom stereocenters. The van der Waals surface area contributed by atoms with Gasteiger partial charge >= 0.3 is 6.09 Å². The van der Waals surface area contributed by atoms with Crippen LogP contribution in [0.1, 0.15) is 33.4 Å². The number of carbonyl (C=O) groups excluding carboxylic acids is 1. The van der Waals surface area contributed by atoms with E-state index in [2.05, 4.69) is 32.9 Å². The molecule has 1 aromatic heterocycles. The number of aromatic nitrogens is 2. The Morgan fingerprint density at radius 2 is 2.19 bits per heavy atom. The van der Waals surface area contributed by atoms with E-state index in [1.165, 1.54) is 0 Å². The Hall–Kier alpha value is -1.50. The van der Waals surface area contributed by atoms with Crippen LogP contribution in [0.3, 0.4) is 0 Å². The Labute approximate surface area is 133 Å². The maximum Gasteiger partial charge on any atom is 0.407 e. The first-order valence-corrected chi connectivity index (χ1v) is 7.54.